The zero-order valence-corrected chi connectivity index (χ0v) is 27.7. The van der Waals surface area contributed by atoms with Crippen molar-refractivity contribution in [2.75, 3.05) is 37.8 Å². The normalized spacial score (nSPS) is 18.3. The standard InChI is InChI=1S/C34H39FN8O3S/c1-21(2)43(34(46)37-17-23-8-12-25(35)13-9-23)41-20-30(44)42-27(16-22-10-14-26(15-11-22)39(3)4)32(45)40(19-29(41)42)18-24-6-5-7-28-31(24)38-33(36)47-28/h5-15,21,27,29H,16-20H2,1-4H3,(H2,36,38)(H,37,46)/t27-,29+/m0/s1. The van der Waals surface area contributed by atoms with Gasteiger partial charge in [0.25, 0.3) is 0 Å². The molecule has 2 aliphatic heterocycles. The number of halogens is 1. The van der Waals surface area contributed by atoms with Gasteiger partial charge in [-0.1, -0.05) is 47.7 Å². The Morgan fingerprint density at radius 3 is 2.45 bits per heavy atom. The quantitative estimate of drug-likeness (QED) is 0.279. The fraction of sp³-hybridized carbons (Fsp3) is 0.353. The molecule has 0 bridgehead atoms. The molecule has 0 spiro atoms. The van der Waals surface area contributed by atoms with Crippen molar-refractivity contribution >= 4 is 50.2 Å². The third-order valence-corrected chi connectivity index (χ3v) is 9.51. The molecule has 3 heterocycles. The van der Waals surface area contributed by atoms with E-state index in [9.17, 15) is 18.8 Å². The van der Waals surface area contributed by atoms with Crippen LogP contribution in [-0.2, 0) is 29.1 Å². The van der Waals surface area contributed by atoms with Gasteiger partial charge in [0.2, 0.25) is 11.8 Å². The number of amides is 4. The summed E-state index contributed by atoms with van der Waals surface area (Å²) in [6, 6.07) is 18.3. The lowest BCUT2D eigenvalue weighted by Crippen LogP contribution is -2.66. The van der Waals surface area contributed by atoms with E-state index in [4.69, 9.17) is 5.73 Å². The maximum absolute atomic E-state index is 14.3. The number of piperazine rings is 1. The molecule has 0 unspecified atom stereocenters. The number of rotatable bonds is 9. The summed E-state index contributed by atoms with van der Waals surface area (Å²) in [6.45, 7) is 4.38. The van der Waals surface area contributed by atoms with Crippen molar-refractivity contribution in [3.63, 3.8) is 0 Å². The molecular formula is C34H39FN8O3S. The van der Waals surface area contributed by atoms with Gasteiger partial charge in [-0.25, -0.2) is 14.2 Å². The Kier molecular flexibility index (Phi) is 9.02. The lowest BCUT2D eigenvalue weighted by molar-refractivity contribution is -0.158. The first-order chi connectivity index (χ1) is 22.5. The molecule has 246 valence electrons. The Morgan fingerprint density at radius 2 is 1.77 bits per heavy atom. The topological polar surface area (TPSA) is 118 Å². The Balaban J connectivity index is 1.31. The van der Waals surface area contributed by atoms with E-state index in [1.807, 2.05) is 75.3 Å². The first-order valence-electron chi connectivity index (χ1n) is 15.6. The summed E-state index contributed by atoms with van der Waals surface area (Å²) in [5, 5.41) is 6.71. The molecule has 0 radical (unpaired) electrons. The SMILES string of the molecule is CC(C)N(C(=O)NCc1ccc(F)cc1)N1CC(=O)N2[C@@H](Cc3ccc(N(C)C)cc3)C(=O)N(Cc3cccc4sc(N)nc34)C[C@@H]21. The minimum atomic E-state index is -0.771. The fourth-order valence-corrected chi connectivity index (χ4v) is 7.16. The average Bonchev–Trinajstić information content (AvgIpc) is 3.58. The van der Waals surface area contributed by atoms with E-state index in [2.05, 4.69) is 10.3 Å². The number of nitrogen functional groups attached to an aromatic ring is 1. The fourth-order valence-electron chi connectivity index (χ4n) is 6.38. The number of carbonyl (C=O) groups is 3. The molecule has 13 heteroatoms. The van der Waals surface area contributed by atoms with Crippen LogP contribution in [-0.4, -0.2) is 88.1 Å². The highest BCUT2D eigenvalue weighted by atomic mass is 32.1. The first kappa shape index (κ1) is 32.2. The van der Waals surface area contributed by atoms with Gasteiger partial charge in [0.1, 0.15) is 18.0 Å². The lowest BCUT2D eigenvalue weighted by Gasteiger charge is -2.47. The van der Waals surface area contributed by atoms with Gasteiger partial charge in [-0.05, 0) is 60.9 Å². The lowest BCUT2D eigenvalue weighted by atomic mass is 9.99. The number of nitrogens with two attached hydrogens (primary N) is 1. The summed E-state index contributed by atoms with van der Waals surface area (Å²) < 4.78 is 14.4. The number of fused-ring (bicyclic) bond motifs is 2. The number of carbonyl (C=O) groups excluding carboxylic acids is 3. The third-order valence-electron chi connectivity index (χ3n) is 8.66. The molecule has 3 N–H and O–H groups in total. The van der Waals surface area contributed by atoms with Crippen LogP contribution >= 0.6 is 11.3 Å². The molecule has 6 rings (SSSR count). The van der Waals surface area contributed by atoms with E-state index in [-0.39, 0.29) is 55.9 Å². The molecule has 2 fully saturated rings. The Bertz CT molecular complexity index is 1780. The molecular weight excluding hydrogens is 619 g/mol. The van der Waals surface area contributed by atoms with E-state index in [1.54, 1.807) is 32.0 Å². The van der Waals surface area contributed by atoms with Crippen LogP contribution in [0.1, 0.15) is 30.5 Å². The van der Waals surface area contributed by atoms with Crippen molar-refractivity contribution in [1.82, 2.24) is 30.1 Å². The van der Waals surface area contributed by atoms with E-state index in [0.29, 0.717) is 11.6 Å². The summed E-state index contributed by atoms with van der Waals surface area (Å²) in [5.74, 6) is -0.733. The van der Waals surface area contributed by atoms with Gasteiger partial charge in [-0.2, -0.15) is 5.01 Å². The maximum Gasteiger partial charge on any atom is 0.332 e. The predicted octanol–water partition coefficient (Wildman–Crippen LogP) is 4.04. The zero-order valence-electron chi connectivity index (χ0n) is 26.9. The Hall–Kier alpha value is -4.75. The van der Waals surface area contributed by atoms with Crippen LogP contribution in [0.4, 0.5) is 20.0 Å². The van der Waals surface area contributed by atoms with Crippen molar-refractivity contribution in [3.8, 4) is 0 Å². The number of para-hydroxylation sites is 1. The molecule has 0 aliphatic carbocycles. The summed E-state index contributed by atoms with van der Waals surface area (Å²) in [6.07, 6.45) is -0.254. The minimum Gasteiger partial charge on any atom is -0.378 e. The molecule has 0 saturated carbocycles. The number of hydrazine groups is 1. The second-order valence-electron chi connectivity index (χ2n) is 12.4. The highest BCUT2D eigenvalue weighted by Crippen LogP contribution is 2.33. The highest BCUT2D eigenvalue weighted by Gasteiger charge is 2.52. The minimum absolute atomic E-state index is 0.0534. The number of benzene rings is 3. The predicted molar refractivity (Wildman–Crippen MR) is 181 cm³/mol. The first-order valence-corrected chi connectivity index (χ1v) is 16.4. The molecule has 2 atom stereocenters. The maximum atomic E-state index is 14.3. The van der Waals surface area contributed by atoms with Crippen molar-refractivity contribution in [3.05, 3.63) is 89.2 Å². The van der Waals surface area contributed by atoms with Gasteiger partial charge >= 0.3 is 6.03 Å². The Morgan fingerprint density at radius 1 is 1.06 bits per heavy atom. The van der Waals surface area contributed by atoms with E-state index < -0.39 is 12.2 Å². The van der Waals surface area contributed by atoms with Crippen LogP contribution in [0.3, 0.4) is 0 Å². The second-order valence-corrected chi connectivity index (χ2v) is 13.5. The second kappa shape index (κ2) is 13.2. The van der Waals surface area contributed by atoms with Crippen molar-refractivity contribution in [2.24, 2.45) is 0 Å². The molecule has 4 amide bonds. The molecule has 47 heavy (non-hydrogen) atoms. The molecule has 2 aliphatic rings. The number of thiazole rings is 1. The number of nitrogens with zero attached hydrogens (tertiary/aromatic N) is 6. The summed E-state index contributed by atoms with van der Waals surface area (Å²) >= 11 is 1.39. The van der Waals surface area contributed by atoms with E-state index in [1.165, 1.54) is 23.5 Å². The molecule has 1 aromatic heterocycles. The number of nitrogens with one attached hydrogen (secondary N) is 1. The highest BCUT2D eigenvalue weighted by molar-refractivity contribution is 7.22. The molecule has 2 saturated heterocycles. The summed E-state index contributed by atoms with van der Waals surface area (Å²) in [5.41, 5.74) is 10.3. The third kappa shape index (κ3) is 6.58. The molecule has 11 nitrogen and oxygen atoms in total. The van der Waals surface area contributed by atoms with Gasteiger partial charge in [0, 0.05) is 45.3 Å². The summed E-state index contributed by atoms with van der Waals surface area (Å²) in [4.78, 5) is 51.8. The van der Waals surface area contributed by atoms with Crippen LogP contribution < -0.4 is 16.0 Å². The smallest absolute Gasteiger partial charge is 0.332 e. The number of hydrogen-bond acceptors (Lipinski definition) is 8. The van der Waals surface area contributed by atoms with Crippen molar-refractivity contribution in [2.45, 2.75) is 51.6 Å². The van der Waals surface area contributed by atoms with Crippen LogP contribution in [0.15, 0.2) is 66.7 Å². The number of urea groups is 1. The van der Waals surface area contributed by atoms with Crippen LogP contribution in [0.2, 0.25) is 0 Å². The average molecular weight is 659 g/mol. The van der Waals surface area contributed by atoms with Crippen molar-refractivity contribution in [1.29, 1.82) is 0 Å². The van der Waals surface area contributed by atoms with Gasteiger partial charge in [-0.15, -0.1) is 0 Å². The van der Waals surface area contributed by atoms with Crippen molar-refractivity contribution < 1.29 is 18.8 Å². The summed E-state index contributed by atoms with van der Waals surface area (Å²) in [7, 11) is 3.93. The van der Waals surface area contributed by atoms with E-state index in [0.717, 1.165) is 32.6 Å². The monoisotopic (exact) mass is 658 g/mol. The number of anilines is 2. The molecule has 4 aromatic rings. The van der Waals surface area contributed by atoms with Crippen LogP contribution in [0, 0.1) is 5.82 Å². The van der Waals surface area contributed by atoms with Gasteiger partial charge in [-0.3, -0.25) is 14.6 Å². The van der Waals surface area contributed by atoms with E-state index >= 15 is 0 Å². The van der Waals surface area contributed by atoms with Gasteiger partial charge < -0.3 is 25.8 Å². The zero-order chi connectivity index (χ0) is 33.4. The largest absolute Gasteiger partial charge is 0.378 e. The van der Waals surface area contributed by atoms with Gasteiger partial charge in [0.05, 0.1) is 23.3 Å². The molecule has 3 aromatic carbocycles. The number of hydrogen-bond donors (Lipinski definition) is 2. The Labute approximate surface area is 277 Å². The number of aromatic nitrogens is 1. The van der Waals surface area contributed by atoms with Crippen LogP contribution in [0.25, 0.3) is 10.2 Å². The van der Waals surface area contributed by atoms with Crippen LogP contribution in [0.5, 0.6) is 0 Å². The van der Waals surface area contributed by atoms with Gasteiger partial charge in [0.15, 0.2) is 5.13 Å².